The lowest BCUT2D eigenvalue weighted by molar-refractivity contribution is 0.102. The third-order valence-electron chi connectivity index (χ3n) is 3.89. The van der Waals surface area contributed by atoms with E-state index in [2.05, 4.69) is 34.5 Å². The standard InChI is InChI=1S/C19H23N5O2S/c1-11(2)9-15-21-22-19(27-15)20-17(25)16-13-7-5-6-8-14(13)18(26)24(23-16)10-12(3)4/h5-8,11-12H,9-10H2,1-4H3,(H,20,22,25). The highest BCUT2D eigenvalue weighted by molar-refractivity contribution is 7.15. The van der Waals surface area contributed by atoms with Crippen LogP contribution < -0.4 is 10.9 Å². The van der Waals surface area contributed by atoms with Crippen molar-refractivity contribution in [1.82, 2.24) is 20.0 Å². The molecule has 1 amide bonds. The van der Waals surface area contributed by atoms with Gasteiger partial charge in [-0.1, -0.05) is 57.2 Å². The van der Waals surface area contributed by atoms with Crippen molar-refractivity contribution in [2.45, 2.75) is 40.7 Å². The molecule has 2 heterocycles. The number of carbonyl (C=O) groups is 1. The molecule has 0 fully saturated rings. The van der Waals surface area contributed by atoms with Crippen molar-refractivity contribution in [3.05, 3.63) is 45.3 Å². The predicted octanol–water partition coefficient (Wildman–Crippen LogP) is 3.35. The van der Waals surface area contributed by atoms with E-state index in [1.165, 1.54) is 16.0 Å². The van der Waals surface area contributed by atoms with E-state index in [-0.39, 0.29) is 17.2 Å². The Morgan fingerprint density at radius 2 is 1.81 bits per heavy atom. The monoisotopic (exact) mass is 385 g/mol. The first kappa shape index (κ1) is 19.2. The van der Waals surface area contributed by atoms with E-state index in [1.807, 2.05) is 13.8 Å². The van der Waals surface area contributed by atoms with Gasteiger partial charge in [0.1, 0.15) is 5.01 Å². The average Bonchev–Trinajstić information content (AvgIpc) is 3.03. The van der Waals surface area contributed by atoms with E-state index >= 15 is 0 Å². The second-order valence-corrected chi connectivity index (χ2v) is 8.39. The van der Waals surface area contributed by atoms with Gasteiger partial charge in [-0.3, -0.25) is 14.9 Å². The molecule has 0 spiro atoms. The molecule has 142 valence electrons. The van der Waals surface area contributed by atoms with Gasteiger partial charge in [0.2, 0.25) is 5.13 Å². The Balaban J connectivity index is 1.97. The average molecular weight is 385 g/mol. The number of hydrogen-bond donors (Lipinski definition) is 1. The molecule has 0 aliphatic rings. The first-order valence-corrected chi connectivity index (χ1v) is 9.80. The number of benzene rings is 1. The third kappa shape index (κ3) is 4.39. The van der Waals surface area contributed by atoms with Crippen LogP contribution in [0.4, 0.5) is 5.13 Å². The summed E-state index contributed by atoms with van der Waals surface area (Å²) in [6, 6.07) is 7.04. The van der Waals surface area contributed by atoms with Crippen LogP contribution in [0, 0.1) is 11.8 Å². The van der Waals surface area contributed by atoms with E-state index in [9.17, 15) is 9.59 Å². The summed E-state index contributed by atoms with van der Waals surface area (Å²) in [6.45, 7) is 8.66. The number of aromatic nitrogens is 4. The summed E-state index contributed by atoms with van der Waals surface area (Å²) in [4.78, 5) is 25.5. The number of hydrogen-bond acceptors (Lipinski definition) is 6. The van der Waals surface area contributed by atoms with Crippen LogP contribution in [-0.2, 0) is 13.0 Å². The summed E-state index contributed by atoms with van der Waals surface area (Å²) in [5.41, 5.74) is 0.0254. The van der Waals surface area contributed by atoms with E-state index in [0.29, 0.717) is 28.4 Å². The zero-order valence-corrected chi connectivity index (χ0v) is 16.7. The molecule has 0 atom stereocenters. The molecule has 0 aliphatic heterocycles. The third-order valence-corrected chi connectivity index (χ3v) is 4.75. The molecule has 0 aliphatic carbocycles. The molecule has 3 rings (SSSR count). The topological polar surface area (TPSA) is 89.8 Å². The highest BCUT2D eigenvalue weighted by atomic mass is 32.1. The Morgan fingerprint density at radius 3 is 2.48 bits per heavy atom. The van der Waals surface area contributed by atoms with Gasteiger partial charge in [0.05, 0.1) is 5.39 Å². The second-order valence-electron chi connectivity index (χ2n) is 7.33. The Morgan fingerprint density at radius 1 is 1.11 bits per heavy atom. The van der Waals surface area contributed by atoms with Crippen LogP contribution in [0.3, 0.4) is 0 Å². The molecule has 8 heteroatoms. The molecule has 2 aromatic heterocycles. The minimum Gasteiger partial charge on any atom is -0.295 e. The summed E-state index contributed by atoms with van der Waals surface area (Å²) < 4.78 is 1.37. The highest BCUT2D eigenvalue weighted by Gasteiger charge is 2.18. The van der Waals surface area contributed by atoms with Crippen LogP contribution >= 0.6 is 11.3 Å². The summed E-state index contributed by atoms with van der Waals surface area (Å²) in [6.07, 6.45) is 0.813. The molecule has 1 N–H and O–H groups in total. The van der Waals surface area contributed by atoms with E-state index < -0.39 is 5.91 Å². The fourth-order valence-electron chi connectivity index (χ4n) is 2.76. The van der Waals surface area contributed by atoms with Crippen molar-refractivity contribution in [2.75, 3.05) is 5.32 Å². The number of nitrogens with zero attached hydrogens (tertiary/aromatic N) is 4. The second kappa shape index (κ2) is 7.96. The Kier molecular flexibility index (Phi) is 5.65. The van der Waals surface area contributed by atoms with Gasteiger partial charge in [0.25, 0.3) is 11.5 Å². The van der Waals surface area contributed by atoms with Crippen molar-refractivity contribution in [3.63, 3.8) is 0 Å². The SMILES string of the molecule is CC(C)Cc1nnc(NC(=O)c2nn(CC(C)C)c(=O)c3ccccc23)s1. The lowest BCUT2D eigenvalue weighted by atomic mass is 10.1. The quantitative estimate of drug-likeness (QED) is 0.703. The molecule has 27 heavy (non-hydrogen) atoms. The number of fused-ring (bicyclic) bond motifs is 1. The normalized spacial score (nSPS) is 11.5. The summed E-state index contributed by atoms with van der Waals surface area (Å²) in [7, 11) is 0. The van der Waals surface area contributed by atoms with Crippen LogP contribution in [-0.4, -0.2) is 25.9 Å². The molecular weight excluding hydrogens is 362 g/mol. The molecule has 0 saturated heterocycles. The van der Waals surface area contributed by atoms with E-state index in [0.717, 1.165) is 11.4 Å². The molecule has 1 aromatic carbocycles. The van der Waals surface area contributed by atoms with Gasteiger partial charge in [-0.25, -0.2) is 4.68 Å². The number of nitrogens with one attached hydrogen (secondary N) is 1. The summed E-state index contributed by atoms with van der Waals surface area (Å²) >= 11 is 1.36. The predicted molar refractivity (Wildman–Crippen MR) is 107 cm³/mol. The van der Waals surface area contributed by atoms with Crippen LogP contribution in [0.25, 0.3) is 10.8 Å². The fourth-order valence-corrected chi connectivity index (χ4v) is 3.71. The van der Waals surface area contributed by atoms with Crippen LogP contribution in [0.15, 0.2) is 29.1 Å². The Bertz CT molecular complexity index is 1020. The molecule has 7 nitrogen and oxygen atoms in total. The minimum atomic E-state index is -0.393. The molecule has 0 radical (unpaired) electrons. The Labute approximate surface area is 161 Å². The summed E-state index contributed by atoms with van der Waals surface area (Å²) in [5.74, 6) is 0.302. The smallest absolute Gasteiger partial charge is 0.278 e. The van der Waals surface area contributed by atoms with Gasteiger partial charge >= 0.3 is 0 Å². The van der Waals surface area contributed by atoms with Gasteiger partial charge in [-0.05, 0) is 17.9 Å². The molecular formula is C19H23N5O2S. The first-order valence-electron chi connectivity index (χ1n) is 8.98. The van der Waals surface area contributed by atoms with Crippen molar-refractivity contribution in [1.29, 1.82) is 0 Å². The molecule has 3 aromatic rings. The van der Waals surface area contributed by atoms with Gasteiger partial charge in [-0.2, -0.15) is 5.10 Å². The van der Waals surface area contributed by atoms with Gasteiger partial charge in [0, 0.05) is 18.4 Å². The van der Waals surface area contributed by atoms with Crippen LogP contribution in [0.2, 0.25) is 0 Å². The minimum absolute atomic E-state index is 0.189. The Hall–Kier alpha value is -2.61. The summed E-state index contributed by atoms with van der Waals surface area (Å²) in [5, 5.41) is 17.6. The lowest BCUT2D eigenvalue weighted by Crippen LogP contribution is -2.29. The fraction of sp³-hybridized carbons (Fsp3) is 0.421. The van der Waals surface area contributed by atoms with Crippen molar-refractivity contribution in [2.24, 2.45) is 11.8 Å². The lowest BCUT2D eigenvalue weighted by Gasteiger charge is -2.12. The first-order chi connectivity index (χ1) is 12.8. The zero-order chi connectivity index (χ0) is 19.6. The maximum Gasteiger partial charge on any atom is 0.278 e. The largest absolute Gasteiger partial charge is 0.295 e. The number of amides is 1. The van der Waals surface area contributed by atoms with Crippen molar-refractivity contribution < 1.29 is 4.79 Å². The van der Waals surface area contributed by atoms with Crippen molar-refractivity contribution in [3.8, 4) is 0 Å². The molecule has 0 saturated carbocycles. The van der Waals surface area contributed by atoms with Gasteiger partial charge in [0.15, 0.2) is 5.69 Å². The molecule has 0 unspecified atom stereocenters. The number of rotatable bonds is 6. The van der Waals surface area contributed by atoms with Gasteiger partial charge in [-0.15, -0.1) is 10.2 Å². The van der Waals surface area contributed by atoms with E-state index in [1.54, 1.807) is 24.3 Å². The highest BCUT2D eigenvalue weighted by Crippen LogP contribution is 2.20. The van der Waals surface area contributed by atoms with Crippen molar-refractivity contribution >= 4 is 33.1 Å². The van der Waals surface area contributed by atoms with Crippen LogP contribution in [0.1, 0.15) is 43.2 Å². The maximum atomic E-state index is 12.9. The number of anilines is 1. The van der Waals surface area contributed by atoms with E-state index in [4.69, 9.17) is 0 Å². The van der Waals surface area contributed by atoms with Gasteiger partial charge < -0.3 is 0 Å². The maximum absolute atomic E-state index is 12.9. The van der Waals surface area contributed by atoms with Crippen LogP contribution in [0.5, 0.6) is 0 Å². The number of carbonyl (C=O) groups excluding carboxylic acids is 1. The molecule has 0 bridgehead atoms. The zero-order valence-electron chi connectivity index (χ0n) is 15.9.